The molecule has 0 saturated carbocycles. The smallest absolute Gasteiger partial charge is 0.231 e. The van der Waals surface area contributed by atoms with Crippen LogP contribution in [0.4, 0.5) is 5.69 Å². The minimum atomic E-state index is 0.367. The summed E-state index contributed by atoms with van der Waals surface area (Å²) in [6.07, 6.45) is 2.27. The van der Waals surface area contributed by atoms with E-state index in [9.17, 15) is 0 Å². The van der Waals surface area contributed by atoms with Crippen LogP contribution in [0.3, 0.4) is 0 Å². The summed E-state index contributed by atoms with van der Waals surface area (Å²) in [7, 11) is 0. The van der Waals surface area contributed by atoms with Gasteiger partial charge in [0.1, 0.15) is 0 Å². The lowest BCUT2D eigenvalue weighted by molar-refractivity contribution is 0.173. The van der Waals surface area contributed by atoms with Crippen LogP contribution in [0.25, 0.3) is 0 Å². The van der Waals surface area contributed by atoms with Crippen molar-refractivity contribution in [1.29, 1.82) is 0 Å². The second-order valence-electron chi connectivity index (χ2n) is 3.36. The van der Waals surface area contributed by atoms with E-state index in [1.165, 1.54) is 17.7 Å². The fraction of sp³-hybridized carbons (Fsp3) is 0.400. The number of ether oxygens (including phenoxy) is 2. The molecule has 0 spiro atoms. The van der Waals surface area contributed by atoms with E-state index in [1.54, 1.807) is 0 Å². The molecule has 3 rings (SSSR count). The van der Waals surface area contributed by atoms with Crippen molar-refractivity contribution in [1.82, 2.24) is 0 Å². The fourth-order valence-electron chi connectivity index (χ4n) is 1.93. The van der Waals surface area contributed by atoms with Crippen molar-refractivity contribution in [3.63, 3.8) is 0 Å². The van der Waals surface area contributed by atoms with Crippen molar-refractivity contribution in [2.75, 3.05) is 18.7 Å². The normalized spacial score (nSPS) is 17.8. The number of rotatable bonds is 0. The molecule has 0 aliphatic carbocycles. The zero-order valence-corrected chi connectivity index (χ0v) is 7.30. The molecule has 2 heterocycles. The molecule has 0 unspecified atom stereocenters. The SMILES string of the molecule is c1cc2c(c3c1NCCC3)OCO2. The molecular formula is C10H11NO2. The predicted molar refractivity (Wildman–Crippen MR) is 49.4 cm³/mol. The van der Waals surface area contributed by atoms with Crippen LogP contribution < -0.4 is 14.8 Å². The molecular weight excluding hydrogens is 166 g/mol. The van der Waals surface area contributed by atoms with Crippen molar-refractivity contribution in [3.8, 4) is 11.5 Å². The Hall–Kier alpha value is -1.38. The first-order chi connectivity index (χ1) is 6.45. The van der Waals surface area contributed by atoms with Gasteiger partial charge < -0.3 is 14.8 Å². The first-order valence-corrected chi connectivity index (χ1v) is 4.60. The molecule has 0 aromatic heterocycles. The molecule has 0 saturated heterocycles. The molecule has 68 valence electrons. The number of hydrogen-bond acceptors (Lipinski definition) is 3. The topological polar surface area (TPSA) is 30.5 Å². The van der Waals surface area contributed by atoms with Crippen LogP contribution in [-0.4, -0.2) is 13.3 Å². The second kappa shape index (κ2) is 2.55. The van der Waals surface area contributed by atoms with Crippen LogP contribution in [0.15, 0.2) is 12.1 Å². The zero-order valence-electron chi connectivity index (χ0n) is 7.30. The van der Waals surface area contributed by atoms with E-state index in [-0.39, 0.29) is 0 Å². The maximum atomic E-state index is 5.43. The highest BCUT2D eigenvalue weighted by molar-refractivity contribution is 5.64. The van der Waals surface area contributed by atoms with Crippen molar-refractivity contribution < 1.29 is 9.47 Å². The quantitative estimate of drug-likeness (QED) is 0.655. The third-order valence-electron chi connectivity index (χ3n) is 2.56. The zero-order chi connectivity index (χ0) is 8.67. The fourth-order valence-corrected chi connectivity index (χ4v) is 1.93. The minimum absolute atomic E-state index is 0.367. The van der Waals surface area contributed by atoms with Gasteiger partial charge in [-0.05, 0) is 25.0 Å². The van der Waals surface area contributed by atoms with Gasteiger partial charge in [-0.25, -0.2) is 0 Å². The number of benzene rings is 1. The highest BCUT2D eigenvalue weighted by Crippen LogP contribution is 2.41. The molecule has 13 heavy (non-hydrogen) atoms. The Kier molecular flexibility index (Phi) is 1.39. The summed E-state index contributed by atoms with van der Waals surface area (Å²) in [6, 6.07) is 4.04. The maximum absolute atomic E-state index is 5.43. The molecule has 0 amide bonds. The van der Waals surface area contributed by atoms with Crippen molar-refractivity contribution in [3.05, 3.63) is 17.7 Å². The lowest BCUT2D eigenvalue weighted by atomic mass is 10.0. The van der Waals surface area contributed by atoms with Gasteiger partial charge in [-0.3, -0.25) is 0 Å². The summed E-state index contributed by atoms with van der Waals surface area (Å²) in [4.78, 5) is 0. The molecule has 1 aromatic rings. The van der Waals surface area contributed by atoms with Crippen LogP contribution in [0.5, 0.6) is 11.5 Å². The Morgan fingerprint density at radius 1 is 1.23 bits per heavy atom. The van der Waals surface area contributed by atoms with E-state index in [2.05, 4.69) is 11.4 Å². The van der Waals surface area contributed by atoms with Gasteiger partial charge in [0.15, 0.2) is 11.5 Å². The number of nitrogens with one attached hydrogen (secondary N) is 1. The van der Waals surface area contributed by atoms with Crippen molar-refractivity contribution in [2.24, 2.45) is 0 Å². The Balaban J connectivity index is 2.17. The van der Waals surface area contributed by atoms with E-state index >= 15 is 0 Å². The summed E-state index contributed by atoms with van der Waals surface area (Å²) >= 11 is 0. The Labute approximate surface area is 76.7 Å². The van der Waals surface area contributed by atoms with Crippen molar-refractivity contribution in [2.45, 2.75) is 12.8 Å². The first-order valence-electron chi connectivity index (χ1n) is 4.60. The second-order valence-corrected chi connectivity index (χ2v) is 3.36. The average molecular weight is 177 g/mol. The monoisotopic (exact) mass is 177 g/mol. The van der Waals surface area contributed by atoms with Gasteiger partial charge in [0.25, 0.3) is 0 Å². The Morgan fingerprint density at radius 2 is 2.23 bits per heavy atom. The third kappa shape index (κ3) is 0.963. The number of fused-ring (bicyclic) bond motifs is 3. The largest absolute Gasteiger partial charge is 0.454 e. The van der Waals surface area contributed by atoms with E-state index in [1.807, 2.05) is 6.07 Å². The van der Waals surface area contributed by atoms with Gasteiger partial charge in [0.05, 0.1) is 0 Å². The summed E-state index contributed by atoms with van der Waals surface area (Å²) in [5.74, 6) is 1.84. The van der Waals surface area contributed by atoms with Crippen LogP contribution in [0.1, 0.15) is 12.0 Å². The molecule has 1 N–H and O–H groups in total. The number of anilines is 1. The van der Waals surface area contributed by atoms with E-state index in [4.69, 9.17) is 9.47 Å². The molecule has 3 heteroatoms. The van der Waals surface area contributed by atoms with Gasteiger partial charge >= 0.3 is 0 Å². The molecule has 2 aliphatic heterocycles. The summed E-state index contributed by atoms with van der Waals surface area (Å²) in [5.41, 5.74) is 2.48. The predicted octanol–water partition coefficient (Wildman–Crippen LogP) is 1.77. The molecule has 0 atom stereocenters. The van der Waals surface area contributed by atoms with Gasteiger partial charge in [-0.15, -0.1) is 0 Å². The lowest BCUT2D eigenvalue weighted by Crippen LogP contribution is -2.11. The van der Waals surface area contributed by atoms with Gasteiger partial charge in [-0.2, -0.15) is 0 Å². The van der Waals surface area contributed by atoms with Crippen LogP contribution >= 0.6 is 0 Å². The van der Waals surface area contributed by atoms with Gasteiger partial charge in [0.2, 0.25) is 6.79 Å². The number of hydrogen-bond donors (Lipinski definition) is 1. The average Bonchev–Trinajstić information content (AvgIpc) is 2.65. The van der Waals surface area contributed by atoms with E-state index in [0.717, 1.165) is 24.5 Å². The molecule has 3 nitrogen and oxygen atoms in total. The van der Waals surface area contributed by atoms with Gasteiger partial charge in [0, 0.05) is 17.8 Å². The van der Waals surface area contributed by atoms with Gasteiger partial charge in [-0.1, -0.05) is 0 Å². The summed E-state index contributed by atoms with van der Waals surface area (Å²) in [6.45, 7) is 1.43. The van der Waals surface area contributed by atoms with Crippen LogP contribution in [0.2, 0.25) is 0 Å². The van der Waals surface area contributed by atoms with Crippen molar-refractivity contribution >= 4 is 5.69 Å². The Bertz CT molecular complexity index is 349. The summed E-state index contributed by atoms with van der Waals surface area (Å²) < 4.78 is 10.7. The highest BCUT2D eigenvalue weighted by Gasteiger charge is 2.21. The Morgan fingerprint density at radius 3 is 3.23 bits per heavy atom. The highest BCUT2D eigenvalue weighted by atomic mass is 16.7. The minimum Gasteiger partial charge on any atom is -0.454 e. The third-order valence-corrected chi connectivity index (χ3v) is 2.56. The van der Waals surface area contributed by atoms with E-state index in [0.29, 0.717) is 6.79 Å². The summed E-state index contributed by atoms with van der Waals surface area (Å²) in [5, 5.41) is 3.36. The molecule has 0 fully saturated rings. The maximum Gasteiger partial charge on any atom is 0.231 e. The standard InChI is InChI=1S/C10H11NO2/c1-2-7-8(11-5-1)3-4-9-10(7)13-6-12-9/h3-4,11H,1-2,5-6H2. The van der Waals surface area contributed by atoms with Crippen LogP contribution in [0, 0.1) is 0 Å². The molecule has 1 aromatic carbocycles. The lowest BCUT2D eigenvalue weighted by Gasteiger charge is -2.18. The molecule has 0 bridgehead atoms. The molecule has 0 radical (unpaired) electrons. The first kappa shape index (κ1) is 7.06. The van der Waals surface area contributed by atoms with Crippen LogP contribution in [-0.2, 0) is 6.42 Å². The van der Waals surface area contributed by atoms with E-state index < -0.39 is 0 Å². The molecule has 2 aliphatic rings.